The summed E-state index contributed by atoms with van der Waals surface area (Å²) in [6, 6.07) is 21.3. The zero-order chi connectivity index (χ0) is 24.5. The smallest absolute Gasteiger partial charge is 0.261 e. The van der Waals surface area contributed by atoms with Gasteiger partial charge in [-0.1, -0.05) is 87.7 Å². The summed E-state index contributed by atoms with van der Waals surface area (Å²) in [5, 5.41) is 3.76. The molecule has 0 bridgehead atoms. The van der Waals surface area contributed by atoms with E-state index in [1.807, 2.05) is 55.5 Å². The first-order valence-corrected chi connectivity index (χ1v) is 12.4. The van der Waals surface area contributed by atoms with E-state index >= 15 is 0 Å². The Morgan fingerprint density at radius 2 is 1.71 bits per heavy atom. The van der Waals surface area contributed by atoms with Crippen molar-refractivity contribution in [3.05, 3.63) is 98.4 Å². The lowest BCUT2D eigenvalue weighted by molar-refractivity contribution is -0.142. The van der Waals surface area contributed by atoms with Crippen LogP contribution in [-0.4, -0.2) is 35.9 Å². The highest BCUT2D eigenvalue weighted by Crippen LogP contribution is 2.28. The summed E-state index contributed by atoms with van der Waals surface area (Å²) in [6.07, 6.45) is 0.349. The second-order valence-electron chi connectivity index (χ2n) is 7.58. The van der Waals surface area contributed by atoms with E-state index in [4.69, 9.17) is 27.9 Å². The number of rotatable bonds is 10. The summed E-state index contributed by atoms with van der Waals surface area (Å²) < 4.78 is 6.54. The van der Waals surface area contributed by atoms with Crippen molar-refractivity contribution >= 4 is 50.9 Å². The fourth-order valence-corrected chi connectivity index (χ4v) is 4.39. The molecular formula is C26H25BrCl2N2O3. The van der Waals surface area contributed by atoms with Gasteiger partial charge >= 0.3 is 0 Å². The van der Waals surface area contributed by atoms with E-state index < -0.39 is 6.04 Å². The van der Waals surface area contributed by atoms with Crippen molar-refractivity contribution in [2.24, 2.45) is 0 Å². The summed E-state index contributed by atoms with van der Waals surface area (Å²) >= 11 is 16.0. The standard InChI is InChI=1S/C26H25BrCl2N2O3/c1-2-30-26(33)23(14-18-8-4-3-5-9-18)31(16-19-10-6-7-11-21(19)28)25(32)17-34-24-13-12-20(27)15-22(24)29/h3-13,15,23H,2,14,16-17H2,1H3,(H,30,33)/t23-/m0/s1. The van der Waals surface area contributed by atoms with E-state index in [-0.39, 0.29) is 25.0 Å². The number of carbonyl (C=O) groups excluding carboxylic acids is 2. The number of benzene rings is 3. The molecule has 0 fully saturated rings. The minimum atomic E-state index is -0.755. The third-order valence-electron chi connectivity index (χ3n) is 5.17. The van der Waals surface area contributed by atoms with Gasteiger partial charge in [0, 0.05) is 29.0 Å². The normalized spacial score (nSPS) is 11.5. The van der Waals surface area contributed by atoms with Crippen LogP contribution in [0.4, 0.5) is 0 Å². The molecule has 1 N–H and O–H groups in total. The van der Waals surface area contributed by atoms with Crippen LogP contribution < -0.4 is 10.1 Å². The lowest BCUT2D eigenvalue weighted by Gasteiger charge is -2.31. The molecule has 5 nitrogen and oxygen atoms in total. The summed E-state index contributed by atoms with van der Waals surface area (Å²) in [5.41, 5.74) is 1.68. The van der Waals surface area contributed by atoms with E-state index in [2.05, 4.69) is 21.2 Å². The minimum Gasteiger partial charge on any atom is -0.482 e. The van der Waals surface area contributed by atoms with Crippen molar-refractivity contribution in [2.45, 2.75) is 25.9 Å². The highest BCUT2D eigenvalue weighted by molar-refractivity contribution is 9.10. The molecule has 0 unspecified atom stereocenters. The van der Waals surface area contributed by atoms with Gasteiger partial charge in [0.25, 0.3) is 5.91 Å². The third kappa shape index (κ3) is 7.23. The summed E-state index contributed by atoms with van der Waals surface area (Å²) in [7, 11) is 0. The number of likely N-dealkylation sites (N-methyl/N-ethyl adjacent to an activating group) is 1. The van der Waals surface area contributed by atoms with Crippen molar-refractivity contribution in [3.8, 4) is 5.75 Å². The second-order valence-corrected chi connectivity index (χ2v) is 9.31. The highest BCUT2D eigenvalue weighted by Gasteiger charge is 2.31. The predicted octanol–water partition coefficient (Wildman–Crippen LogP) is 5.91. The molecule has 2 amide bonds. The van der Waals surface area contributed by atoms with Crippen LogP contribution in [0, 0.1) is 0 Å². The van der Waals surface area contributed by atoms with Crippen molar-refractivity contribution < 1.29 is 14.3 Å². The zero-order valence-corrected chi connectivity index (χ0v) is 21.7. The van der Waals surface area contributed by atoms with Gasteiger partial charge in [0.15, 0.2) is 6.61 Å². The number of nitrogens with zero attached hydrogens (tertiary/aromatic N) is 1. The van der Waals surface area contributed by atoms with E-state index in [1.54, 1.807) is 24.3 Å². The van der Waals surface area contributed by atoms with Crippen LogP contribution in [0.2, 0.25) is 10.0 Å². The summed E-state index contributed by atoms with van der Waals surface area (Å²) in [4.78, 5) is 28.1. The van der Waals surface area contributed by atoms with E-state index in [1.165, 1.54) is 4.90 Å². The number of amides is 2. The van der Waals surface area contributed by atoms with Crippen molar-refractivity contribution in [1.29, 1.82) is 0 Å². The molecular weight excluding hydrogens is 539 g/mol. The van der Waals surface area contributed by atoms with Crippen LogP contribution >= 0.6 is 39.1 Å². The average Bonchev–Trinajstić information content (AvgIpc) is 2.82. The number of carbonyl (C=O) groups is 2. The first kappa shape index (κ1) is 26.1. The second kappa shape index (κ2) is 12.8. The molecule has 0 spiro atoms. The Labute approximate surface area is 218 Å². The van der Waals surface area contributed by atoms with Gasteiger partial charge in [0.2, 0.25) is 5.91 Å². The minimum absolute atomic E-state index is 0.157. The lowest BCUT2D eigenvalue weighted by Crippen LogP contribution is -2.51. The number of nitrogens with one attached hydrogen (secondary N) is 1. The van der Waals surface area contributed by atoms with Crippen molar-refractivity contribution in [1.82, 2.24) is 10.2 Å². The molecule has 0 radical (unpaired) electrons. The van der Waals surface area contributed by atoms with Gasteiger partial charge in [-0.05, 0) is 42.3 Å². The van der Waals surface area contributed by atoms with Gasteiger partial charge in [0.05, 0.1) is 5.02 Å². The van der Waals surface area contributed by atoms with Crippen LogP contribution in [0.15, 0.2) is 77.3 Å². The van der Waals surface area contributed by atoms with Crippen LogP contribution in [0.1, 0.15) is 18.1 Å². The lowest BCUT2D eigenvalue weighted by atomic mass is 10.0. The maximum Gasteiger partial charge on any atom is 0.261 e. The molecule has 0 saturated carbocycles. The Hall–Kier alpha value is -2.54. The maximum absolute atomic E-state index is 13.5. The highest BCUT2D eigenvalue weighted by atomic mass is 79.9. The molecule has 8 heteroatoms. The van der Waals surface area contributed by atoms with E-state index in [9.17, 15) is 9.59 Å². The summed E-state index contributed by atoms with van der Waals surface area (Å²) in [6.45, 7) is 2.17. The van der Waals surface area contributed by atoms with E-state index in [0.717, 1.165) is 15.6 Å². The van der Waals surface area contributed by atoms with E-state index in [0.29, 0.717) is 28.8 Å². The van der Waals surface area contributed by atoms with Gasteiger partial charge in [-0.2, -0.15) is 0 Å². The van der Waals surface area contributed by atoms with Crippen LogP contribution in [0.3, 0.4) is 0 Å². The molecule has 3 aromatic rings. The molecule has 1 atom stereocenters. The molecule has 0 aliphatic rings. The third-order valence-corrected chi connectivity index (χ3v) is 6.32. The number of ether oxygens (including phenoxy) is 1. The number of hydrogen-bond donors (Lipinski definition) is 1. The fraction of sp³-hybridized carbons (Fsp3) is 0.231. The van der Waals surface area contributed by atoms with Crippen LogP contribution in [-0.2, 0) is 22.6 Å². The molecule has 0 aliphatic heterocycles. The molecule has 0 aliphatic carbocycles. The largest absolute Gasteiger partial charge is 0.482 e. The van der Waals surface area contributed by atoms with Crippen LogP contribution in [0.5, 0.6) is 5.75 Å². The Morgan fingerprint density at radius 1 is 1.00 bits per heavy atom. The molecule has 3 aromatic carbocycles. The molecule has 34 heavy (non-hydrogen) atoms. The molecule has 3 rings (SSSR count). The van der Waals surface area contributed by atoms with Crippen molar-refractivity contribution in [2.75, 3.05) is 13.2 Å². The molecule has 178 valence electrons. The van der Waals surface area contributed by atoms with Gasteiger partial charge in [-0.25, -0.2) is 0 Å². The Bertz CT molecular complexity index is 1130. The van der Waals surface area contributed by atoms with Crippen molar-refractivity contribution in [3.63, 3.8) is 0 Å². The quantitative estimate of drug-likeness (QED) is 0.333. The molecule has 0 heterocycles. The predicted molar refractivity (Wildman–Crippen MR) is 139 cm³/mol. The molecule has 0 saturated heterocycles. The average molecular weight is 564 g/mol. The van der Waals surface area contributed by atoms with Gasteiger partial charge in [-0.15, -0.1) is 0 Å². The Morgan fingerprint density at radius 3 is 2.38 bits per heavy atom. The zero-order valence-electron chi connectivity index (χ0n) is 18.6. The van der Waals surface area contributed by atoms with Gasteiger partial charge < -0.3 is 15.0 Å². The number of hydrogen-bond acceptors (Lipinski definition) is 3. The molecule has 0 aromatic heterocycles. The van der Waals surface area contributed by atoms with Gasteiger partial charge in [-0.3, -0.25) is 9.59 Å². The monoisotopic (exact) mass is 562 g/mol. The maximum atomic E-state index is 13.5. The SMILES string of the molecule is CCNC(=O)[C@H](Cc1ccccc1)N(Cc1ccccc1Cl)C(=O)COc1ccc(Br)cc1Cl. The Balaban J connectivity index is 1.91. The summed E-state index contributed by atoms with van der Waals surface area (Å²) in [5.74, 6) is -0.215. The van der Waals surface area contributed by atoms with Crippen LogP contribution in [0.25, 0.3) is 0 Å². The van der Waals surface area contributed by atoms with Gasteiger partial charge in [0.1, 0.15) is 11.8 Å². The number of halogens is 3. The topological polar surface area (TPSA) is 58.6 Å². The Kier molecular flexibility index (Phi) is 9.81. The first-order valence-electron chi connectivity index (χ1n) is 10.8. The fourth-order valence-electron chi connectivity index (χ4n) is 3.47. The first-order chi connectivity index (χ1) is 16.4.